The molecule has 12 nitrogen and oxygen atoms in total. The van der Waals surface area contributed by atoms with Crippen molar-refractivity contribution >= 4 is 33.3 Å². The van der Waals surface area contributed by atoms with Gasteiger partial charge in [0, 0.05) is 45.6 Å². The molecule has 5 N–H and O–H groups in total. The molecule has 1 fully saturated rings. The van der Waals surface area contributed by atoms with Gasteiger partial charge in [0.2, 0.25) is 5.95 Å². The predicted octanol–water partition coefficient (Wildman–Crippen LogP) is 2.84. The SMILES string of the molecule is COCC(O)(COC)[C@H]1C[C@@H](Nc2nc(NC[C@@H](C)OC)nc(C)c2-c2nc3c(C)nccc3s2)/C(=C\O)[C@@H]1O. The van der Waals surface area contributed by atoms with Crippen LogP contribution in [-0.4, -0.2) is 100 Å². The van der Waals surface area contributed by atoms with Crippen LogP contribution in [0.3, 0.4) is 0 Å². The maximum Gasteiger partial charge on any atom is 0.224 e. The molecule has 0 bridgehead atoms. The molecule has 0 saturated heterocycles. The minimum atomic E-state index is -1.47. The van der Waals surface area contributed by atoms with Crippen LogP contribution in [0.2, 0.25) is 0 Å². The zero-order valence-corrected chi connectivity index (χ0v) is 24.4. The summed E-state index contributed by atoms with van der Waals surface area (Å²) in [5, 5.41) is 40.0. The fraction of sp³-hybridized carbons (Fsp3) is 0.556. The van der Waals surface area contributed by atoms with Crippen molar-refractivity contribution in [1.29, 1.82) is 0 Å². The van der Waals surface area contributed by atoms with Crippen LogP contribution in [0.5, 0.6) is 0 Å². The highest BCUT2D eigenvalue weighted by Gasteiger charge is 2.50. The third-order valence-corrected chi connectivity index (χ3v) is 8.34. The Kier molecular flexibility index (Phi) is 9.54. The van der Waals surface area contributed by atoms with Crippen LogP contribution in [0.25, 0.3) is 20.8 Å². The summed E-state index contributed by atoms with van der Waals surface area (Å²) >= 11 is 1.51. The number of nitrogens with zero attached hydrogens (tertiary/aromatic N) is 4. The Balaban J connectivity index is 1.76. The van der Waals surface area contributed by atoms with Gasteiger partial charge in [-0.05, 0) is 33.3 Å². The summed E-state index contributed by atoms with van der Waals surface area (Å²) in [6.07, 6.45) is 1.73. The maximum atomic E-state index is 11.3. The molecule has 0 amide bonds. The third-order valence-electron chi connectivity index (χ3n) is 7.30. The van der Waals surface area contributed by atoms with Crippen molar-refractivity contribution in [3.63, 3.8) is 0 Å². The van der Waals surface area contributed by atoms with Crippen LogP contribution in [0.1, 0.15) is 24.7 Å². The molecule has 3 aromatic heterocycles. The van der Waals surface area contributed by atoms with E-state index in [2.05, 4.69) is 20.6 Å². The highest BCUT2D eigenvalue weighted by molar-refractivity contribution is 7.21. The van der Waals surface area contributed by atoms with E-state index in [1.54, 1.807) is 13.3 Å². The number of aliphatic hydroxyl groups excluding tert-OH is 2. The van der Waals surface area contributed by atoms with Crippen LogP contribution >= 0.6 is 11.3 Å². The minimum absolute atomic E-state index is 0.0449. The van der Waals surface area contributed by atoms with Gasteiger partial charge >= 0.3 is 0 Å². The number of hydrogen-bond donors (Lipinski definition) is 5. The largest absolute Gasteiger partial charge is 0.515 e. The van der Waals surface area contributed by atoms with Crippen LogP contribution < -0.4 is 10.6 Å². The quantitative estimate of drug-likeness (QED) is 0.201. The van der Waals surface area contributed by atoms with Gasteiger partial charge in [-0.2, -0.15) is 4.98 Å². The number of ether oxygens (including phenoxy) is 3. The number of aromatic nitrogens is 4. The Morgan fingerprint density at radius 1 is 1.15 bits per heavy atom. The van der Waals surface area contributed by atoms with Crippen molar-refractivity contribution in [3.05, 3.63) is 35.5 Å². The summed E-state index contributed by atoms with van der Waals surface area (Å²) in [4.78, 5) is 18.7. The fourth-order valence-corrected chi connectivity index (χ4v) is 6.23. The van der Waals surface area contributed by atoms with Crippen molar-refractivity contribution in [2.24, 2.45) is 5.92 Å². The molecule has 3 aromatic rings. The molecule has 0 aliphatic heterocycles. The van der Waals surface area contributed by atoms with Gasteiger partial charge < -0.3 is 40.2 Å². The smallest absolute Gasteiger partial charge is 0.224 e. The number of rotatable bonds is 12. The van der Waals surface area contributed by atoms with Gasteiger partial charge in [-0.3, -0.25) is 4.98 Å². The Hall–Kier alpha value is -2.94. The molecule has 0 spiro atoms. The first-order valence-corrected chi connectivity index (χ1v) is 13.8. The van der Waals surface area contributed by atoms with E-state index >= 15 is 0 Å². The zero-order valence-electron chi connectivity index (χ0n) is 23.6. The van der Waals surface area contributed by atoms with Gasteiger partial charge in [0.1, 0.15) is 21.9 Å². The second-order valence-electron chi connectivity index (χ2n) is 10.1. The summed E-state index contributed by atoms with van der Waals surface area (Å²) in [6.45, 7) is 6.14. The summed E-state index contributed by atoms with van der Waals surface area (Å²) in [7, 11) is 4.59. The molecule has 218 valence electrons. The molecule has 4 rings (SSSR count). The van der Waals surface area contributed by atoms with Gasteiger partial charge in [0.25, 0.3) is 0 Å². The number of anilines is 2. The highest BCUT2D eigenvalue weighted by atomic mass is 32.1. The summed E-state index contributed by atoms with van der Waals surface area (Å²) in [5.41, 5.74) is 1.87. The molecule has 40 heavy (non-hydrogen) atoms. The van der Waals surface area contributed by atoms with Gasteiger partial charge in [0.05, 0.1) is 59.4 Å². The van der Waals surface area contributed by atoms with Gasteiger partial charge in [0.15, 0.2) is 0 Å². The van der Waals surface area contributed by atoms with Crippen molar-refractivity contribution < 1.29 is 29.5 Å². The lowest BCUT2D eigenvalue weighted by atomic mass is 9.85. The Morgan fingerprint density at radius 3 is 2.50 bits per heavy atom. The van der Waals surface area contributed by atoms with Crippen molar-refractivity contribution in [2.45, 2.75) is 51.0 Å². The Labute approximate surface area is 237 Å². The van der Waals surface area contributed by atoms with Crippen molar-refractivity contribution in [1.82, 2.24) is 19.9 Å². The van der Waals surface area contributed by atoms with Crippen LogP contribution in [0.15, 0.2) is 24.1 Å². The summed E-state index contributed by atoms with van der Waals surface area (Å²) in [6, 6.07) is 1.37. The Bertz CT molecular complexity index is 1340. The number of fused-ring (bicyclic) bond motifs is 1. The minimum Gasteiger partial charge on any atom is -0.515 e. The Morgan fingerprint density at radius 2 is 1.88 bits per heavy atom. The topological polar surface area (TPSA) is 164 Å². The predicted molar refractivity (Wildman–Crippen MR) is 154 cm³/mol. The average molecular weight is 575 g/mol. The second-order valence-corrected chi connectivity index (χ2v) is 11.2. The number of pyridine rings is 1. The molecule has 13 heteroatoms. The lowest BCUT2D eigenvalue weighted by Gasteiger charge is -2.34. The van der Waals surface area contributed by atoms with Crippen LogP contribution in [-0.2, 0) is 14.2 Å². The van der Waals surface area contributed by atoms with E-state index in [4.69, 9.17) is 24.2 Å². The lowest BCUT2D eigenvalue weighted by Crippen LogP contribution is -2.49. The first-order chi connectivity index (χ1) is 19.1. The van der Waals surface area contributed by atoms with E-state index in [1.165, 1.54) is 25.6 Å². The first-order valence-electron chi connectivity index (χ1n) is 13.0. The molecular formula is C27H38N6O6S. The molecule has 1 saturated carbocycles. The number of aliphatic hydroxyl groups is 3. The number of nitrogens with one attached hydrogen (secondary N) is 2. The van der Waals surface area contributed by atoms with Crippen molar-refractivity contribution in [2.75, 3.05) is 51.7 Å². The first kappa shape index (κ1) is 30.0. The normalized spacial score (nSPS) is 21.3. The second kappa shape index (κ2) is 12.7. The molecule has 1 aliphatic rings. The maximum absolute atomic E-state index is 11.3. The highest BCUT2D eigenvalue weighted by Crippen LogP contribution is 2.42. The third kappa shape index (κ3) is 6.04. The molecule has 4 atom stereocenters. The van der Waals surface area contributed by atoms with Gasteiger partial charge in [-0.15, -0.1) is 11.3 Å². The van der Waals surface area contributed by atoms with E-state index in [1.807, 2.05) is 26.8 Å². The molecule has 1 aliphatic carbocycles. The fourth-order valence-electron chi connectivity index (χ4n) is 5.12. The molecule has 0 unspecified atom stereocenters. The molecule has 3 heterocycles. The van der Waals surface area contributed by atoms with E-state index in [0.29, 0.717) is 40.1 Å². The van der Waals surface area contributed by atoms with Gasteiger partial charge in [-0.1, -0.05) is 0 Å². The number of methoxy groups -OCH3 is 3. The van der Waals surface area contributed by atoms with Crippen LogP contribution in [0.4, 0.5) is 11.8 Å². The molecular weight excluding hydrogens is 536 g/mol. The zero-order chi connectivity index (χ0) is 29.0. The van der Waals surface area contributed by atoms with Crippen molar-refractivity contribution in [3.8, 4) is 10.6 Å². The van der Waals surface area contributed by atoms with E-state index in [9.17, 15) is 15.3 Å². The van der Waals surface area contributed by atoms with Crippen LogP contribution in [0, 0.1) is 19.8 Å². The molecule has 0 aromatic carbocycles. The standard InChI is InChI=1S/C27H38N6O6S/c1-14(39-6)10-29-26-30-15(2)21(25-32-22-16(3)28-8-7-20(22)40-25)24(33-26)31-19-9-18(23(35)17(19)11-34)27(36,12-37-4)13-38-5/h7-8,11,14,18-19,23,34-36H,9-10,12-13H2,1-6H3,(H2,29,30,31,33)/b17-11+/t14-,18+,19-,23+/m1/s1. The average Bonchev–Trinajstić information content (AvgIpc) is 3.49. The molecule has 0 radical (unpaired) electrons. The van der Waals surface area contributed by atoms with E-state index in [-0.39, 0.29) is 25.7 Å². The number of thiazole rings is 1. The number of aryl methyl sites for hydroxylation is 2. The van der Waals surface area contributed by atoms with E-state index < -0.39 is 23.7 Å². The number of hydrogen-bond acceptors (Lipinski definition) is 13. The summed E-state index contributed by atoms with van der Waals surface area (Å²) in [5.74, 6) is 0.196. The van der Waals surface area contributed by atoms with E-state index in [0.717, 1.165) is 22.2 Å². The van der Waals surface area contributed by atoms with Gasteiger partial charge in [-0.25, -0.2) is 9.97 Å². The lowest BCUT2D eigenvalue weighted by molar-refractivity contribution is -0.130. The summed E-state index contributed by atoms with van der Waals surface area (Å²) < 4.78 is 16.8. The monoisotopic (exact) mass is 574 g/mol.